The third-order valence-corrected chi connectivity index (χ3v) is 4.25. The Bertz CT molecular complexity index is 660. The third kappa shape index (κ3) is 7.01. The van der Waals surface area contributed by atoms with E-state index in [9.17, 15) is 14.7 Å². The first-order valence-electron chi connectivity index (χ1n) is 9.41. The predicted molar refractivity (Wildman–Crippen MR) is 104 cm³/mol. The molecule has 1 heterocycles. The summed E-state index contributed by atoms with van der Waals surface area (Å²) in [5, 5.41) is 20.8. The average molecular weight is 397 g/mol. The number of hydrogen-bond donors (Lipinski definition) is 3. The van der Waals surface area contributed by atoms with E-state index in [-0.39, 0.29) is 11.7 Å². The second-order valence-corrected chi connectivity index (χ2v) is 6.31. The lowest BCUT2D eigenvalue weighted by Crippen LogP contribution is -2.32. The summed E-state index contributed by atoms with van der Waals surface area (Å²) in [7, 11) is 1.65. The zero-order valence-corrected chi connectivity index (χ0v) is 17.0. The van der Waals surface area contributed by atoms with Crippen LogP contribution in [-0.4, -0.2) is 55.1 Å². The SMILES string of the molecule is CCOCc1c(CCOC)c(O)cc(C)c1OCC.O=C1CC[C@@H](C(=O)O)N1. The number of benzene rings is 1. The fourth-order valence-corrected chi connectivity index (χ4v) is 2.87. The number of carbonyl (C=O) groups is 2. The van der Waals surface area contributed by atoms with Crippen molar-refractivity contribution in [3.8, 4) is 11.5 Å². The number of aromatic hydroxyl groups is 1. The molecule has 0 aromatic heterocycles. The van der Waals surface area contributed by atoms with E-state index in [0.29, 0.717) is 45.7 Å². The molecule has 8 nitrogen and oxygen atoms in total. The van der Waals surface area contributed by atoms with E-state index in [2.05, 4.69) is 5.32 Å². The molecule has 1 saturated heterocycles. The Morgan fingerprint density at radius 2 is 2.00 bits per heavy atom. The molecule has 3 N–H and O–H groups in total. The van der Waals surface area contributed by atoms with Crippen LogP contribution in [0.4, 0.5) is 0 Å². The van der Waals surface area contributed by atoms with Crippen LogP contribution in [0.25, 0.3) is 0 Å². The van der Waals surface area contributed by atoms with Crippen molar-refractivity contribution in [2.24, 2.45) is 0 Å². The quantitative estimate of drug-likeness (QED) is 0.585. The van der Waals surface area contributed by atoms with E-state index in [1.807, 2.05) is 20.8 Å². The van der Waals surface area contributed by atoms with E-state index in [1.165, 1.54) is 0 Å². The fourth-order valence-electron chi connectivity index (χ4n) is 2.87. The van der Waals surface area contributed by atoms with Crippen molar-refractivity contribution in [3.63, 3.8) is 0 Å². The van der Waals surface area contributed by atoms with Crippen LogP contribution < -0.4 is 10.1 Å². The van der Waals surface area contributed by atoms with Crippen LogP contribution in [0.1, 0.15) is 43.4 Å². The molecule has 1 fully saturated rings. The maximum Gasteiger partial charge on any atom is 0.326 e. The summed E-state index contributed by atoms with van der Waals surface area (Å²) in [6.45, 7) is 8.05. The van der Waals surface area contributed by atoms with Crippen molar-refractivity contribution in [2.75, 3.05) is 26.9 Å². The van der Waals surface area contributed by atoms with Crippen LogP contribution in [0.5, 0.6) is 11.5 Å². The van der Waals surface area contributed by atoms with Gasteiger partial charge >= 0.3 is 5.97 Å². The number of methoxy groups -OCH3 is 1. The standard InChI is InChI=1S/C15H24O4.C5H7NO3/c1-5-18-10-13-12(7-8-17-4)14(16)9-11(3)15(13)19-6-2;7-4-2-1-3(6-4)5(8)9/h9,16H,5-8,10H2,1-4H3;3H,1-2H2,(H,6,7)(H,8,9)/t;3-/m.0/s1. The minimum atomic E-state index is -0.944. The highest BCUT2D eigenvalue weighted by Crippen LogP contribution is 2.34. The first kappa shape index (κ1) is 23.7. The molecule has 0 spiro atoms. The molecular formula is C20H31NO7. The Kier molecular flexibility index (Phi) is 10.3. The highest BCUT2D eigenvalue weighted by molar-refractivity contribution is 5.87. The van der Waals surface area contributed by atoms with Gasteiger partial charge in [-0.05, 0) is 45.2 Å². The summed E-state index contributed by atoms with van der Waals surface area (Å²) in [5.74, 6) is -0.00388. The highest BCUT2D eigenvalue weighted by atomic mass is 16.5. The normalized spacial score (nSPS) is 15.6. The number of aryl methyl sites for hydroxylation is 1. The van der Waals surface area contributed by atoms with Gasteiger partial charge in [0.1, 0.15) is 17.5 Å². The number of hydrogen-bond acceptors (Lipinski definition) is 6. The van der Waals surface area contributed by atoms with E-state index < -0.39 is 12.0 Å². The summed E-state index contributed by atoms with van der Waals surface area (Å²) >= 11 is 0. The fraction of sp³-hybridized carbons (Fsp3) is 0.600. The number of amides is 1. The maximum absolute atomic E-state index is 10.4. The summed E-state index contributed by atoms with van der Waals surface area (Å²) in [6.07, 6.45) is 1.41. The minimum absolute atomic E-state index is 0.164. The summed E-state index contributed by atoms with van der Waals surface area (Å²) in [6, 6.07) is 1.10. The topological polar surface area (TPSA) is 114 Å². The molecule has 1 aromatic rings. The second kappa shape index (κ2) is 12.2. The van der Waals surface area contributed by atoms with E-state index in [1.54, 1.807) is 13.2 Å². The van der Waals surface area contributed by atoms with Crippen LogP contribution in [-0.2, 0) is 32.1 Å². The zero-order chi connectivity index (χ0) is 21.1. The largest absolute Gasteiger partial charge is 0.508 e. The van der Waals surface area contributed by atoms with Crippen LogP contribution in [0.3, 0.4) is 0 Å². The molecule has 2 rings (SSSR count). The van der Waals surface area contributed by atoms with Gasteiger partial charge in [-0.25, -0.2) is 4.79 Å². The number of rotatable bonds is 9. The highest BCUT2D eigenvalue weighted by Gasteiger charge is 2.26. The van der Waals surface area contributed by atoms with Gasteiger partial charge in [-0.1, -0.05) is 0 Å². The van der Waals surface area contributed by atoms with E-state index in [4.69, 9.17) is 19.3 Å². The van der Waals surface area contributed by atoms with Crippen LogP contribution in [0.2, 0.25) is 0 Å². The molecule has 0 bridgehead atoms. The van der Waals surface area contributed by atoms with Gasteiger partial charge in [0, 0.05) is 31.3 Å². The van der Waals surface area contributed by atoms with E-state index in [0.717, 1.165) is 22.4 Å². The van der Waals surface area contributed by atoms with Crippen molar-refractivity contribution < 1.29 is 34.0 Å². The number of aliphatic carboxylic acids is 1. The molecule has 0 radical (unpaired) electrons. The molecule has 1 aliphatic rings. The first-order chi connectivity index (χ1) is 13.3. The number of phenols is 1. The number of carboxylic acids is 1. The Hall–Kier alpha value is -2.32. The summed E-state index contributed by atoms with van der Waals surface area (Å²) in [4.78, 5) is 20.5. The van der Waals surface area contributed by atoms with Crippen LogP contribution in [0, 0.1) is 6.92 Å². The average Bonchev–Trinajstić information content (AvgIpc) is 3.09. The zero-order valence-electron chi connectivity index (χ0n) is 17.0. The van der Waals surface area contributed by atoms with E-state index >= 15 is 0 Å². The molecule has 1 atom stereocenters. The first-order valence-corrected chi connectivity index (χ1v) is 9.41. The van der Waals surface area contributed by atoms with Crippen LogP contribution >= 0.6 is 0 Å². The minimum Gasteiger partial charge on any atom is -0.508 e. The molecule has 1 amide bonds. The number of carbonyl (C=O) groups excluding carboxylic acids is 1. The Morgan fingerprint density at radius 1 is 1.29 bits per heavy atom. The second-order valence-electron chi connectivity index (χ2n) is 6.31. The predicted octanol–water partition coefficient (Wildman–Crippen LogP) is 2.17. The monoisotopic (exact) mass is 397 g/mol. The molecule has 1 aromatic carbocycles. The van der Waals surface area contributed by atoms with Crippen molar-refractivity contribution in [2.45, 2.75) is 52.7 Å². The molecule has 158 valence electrons. The van der Waals surface area contributed by atoms with Gasteiger partial charge in [0.15, 0.2) is 0 Å². The number of ether oxygens (including phenoxy) is 3. The Labute approximate surface area is 165 Å². The van der Waals surface area contributed by atoms with Gasteiger partial charge < -0.3 is 29.7 Å². The van der Waals surface area contributed by atoms with Gasteiger partial charge in [0.05, 0.1) is 19.8 Å². The molecule has 8 heteroatoms. The van der Waals surface area contributed by atoms with Crippen LogP contribution in [0.15, 0.2) is 6.07 Å². The van der Waals surface area contributed by atoms with Crippen molar-refractivity contribution >= 4 is 11.9 Å². The van der Waals surface area contributed by atoms with Gasteiger partial charge in [-0.3, -0.25) is 4.79 Å². The lowest BCUT2D eigenvalue weighted by atomic mass is 9.99. The lowest BCUT2D eigenvalue weighted by Gasteiger charge is -2.18. The molecule has 0 saturated carbocycles. The molecule has 0 aliphatic carbocycles. The van der Waals surface area contributed by atoms with Crippen molar-refractivity contribution in [1.82, 2.24) is 5.32 Å². The number of phenolic OH excluding ortho intramolecular Hbond substituents is 1. The summed E-state index contributed by atoms with van der Waals surface area (Å²) < 4.78 is 16.3. The molecule has 1 aliphatic heterocycles. The Balaban J connectivity index is 0.000000362. The molecule has 0 unspecified atom stereocenters. The van der Waals surface area contributed by atoms with Crippen molar-refractivity contribution in [1.29, 1.82) is 0 Å². The molecule has 28 heavy (non-hydrogen) atoms. The number of carboxylic acid groups (broad SMARTS) is 1. The third-order valence-electron chi connectivity index (χ3n) is 4.25. The van der Waals surface area contributed by atoms with Gasteiger partial charge in [-0.15, -0.1) is 0 Å². The van der Waals surface area contributed by atoms with Crippen molar-refractivity contribution in [3.05, 3.63) is 22.8 Å². The van der Waals surface area contributed by atoms with Gasteiger partial charge in [0.2, 0.25) is 5.91 Å². The summed E-state index contributed by atoms with van der Waals surface area (Å²) in [5.41, 5.74) is 2.71. The number of nitrogens with one attached hydrogen (secondary N) is 1. The lowest BCUT2D eigenvalue weighted by molar-refractivity contribution is -0.140. The Morgan fingerprint density at radius 3 is 2.46 bits per heavy atom. The smallest absolute Gasteiger partial charge is 0.326 e. The maximum atomic E-state index is 10.4. The molecular weight excluding hydrogens is 366 g/mol. The van der Waals surface area contributed by atoms with Gasteiger partial charge in [-0.2, -0.15) is 0 Å². The van der Waals surface area contributed by atoms with Gasteiger partial charge in [0.25, 0.3) is 0 Å².